The highest BCUT2D eigenvalue weighted by Crippen LogP contribution is 2.23. The van der Waals surface area contributed by atoms with Crippen molar-refractivity contribution in [3.8, 4) is 5.75 Å². The van der Waals surface area contributed by atoms with E-state index in [0.29, 0.717) is 5.75 Å². The smallest absolute Gasteiger partial charge is 0.308 e. The molecule has 5 nitrogen and oxygen atoms in total. The summed E-state index contributed by atoms with van der Waals surface area (Å²) < 4.78 is 10.2. The highest BCUT2D eigenvalue weighted by molar-refractivity contribution is 5.96. The van der Waals surface area contributed by atoms with Crippen LogP contribution in [-0.2, 0) is 14.3 Å². The summed E-state index contributed by atoms with van der Waals surface area (Å²) >= 11 is 0. The predicted octanol–water partition coefficient (Wildman–Crippen LogP) is 3.29. The maximum atomic E-state index is 12.4. The van der Waals surface area contributed by atoms with Gasteiger partial charge in [-0.3, -0.25) is 9.59 Å². The standard InChI is InChI=1S/C19H25NO4/c1-13-4-8-16(9-5-13)20-19(22)18(23-3)12-15-6-10-17(11-7-15)24-14(2)21/h6-7,10-13,16H,4-5,8-9H2,1-3H3,(H,20,22). The first-order valence-electron chi connectivity index (χ1n) is 8.33. The molecule has 0 aromatic heterocycles. The lowest BCUT2D eigenvalue weighted by molar-refractivity contribution is -0.131. The number of esters is 1. The van der Waals surface area contributed by atoms with Crippen molar-refractivity contribution >= 4 is 18.0 Å². The number of benzene rings is 1. The van der Waals surface area contributed by atoms with Crippen molar-refractivity contribution in [1.82, 2.24) is 5.32 Å². The number of nitrogens with one attached hydrogen (secondary N) is 1. The van der Waals surface area contributed by atoms with Gasteiger partial charge in [-0.2, -0.15) is 0 Å². The maximum Gasteiger partial charge on any atom is 0.308 e. The Balaban J connectivity index is 1.99. The molecule has 0 unspecified atom stereocenters. The number of hydrogen-bond donors (Lipinski definition) is 1. The summed E-state index contributed by atoms with van der Waals surface area (Å²) in [6, 6.07) is 7.13. The third-order valence-corrected chi connectivity index (χ3v) is 4.23. The zero-order valence-corrected chi connectivity index (χ0v) is 14.5. The van der Waals surface area contributed by atoms with Crippen molar-refractivity contribution < 1.29 is 19.1 Å². The van der Waals surface area contributed by atoms with Crippen LogP contribution in [0.5, 0.6) is 5.75 Å². The summed E-state index contributed by atoms with van der Waals surface area (Å²) in [4.78, 5) is 23.3. The Hall–Kier alpha value is -2.30. The molecule has 1 aliphatic carbocycles. The van der Waals surface area contributed by atoms with E-state index in [4.69, 9.17) is 9.47 Å². The summed E-state index contributed by atoms with van der Waals surface area (Å²) in [7, 11) is 1.49. The maximum absolute atomic E-state index is 12.4. The summed E-state index contributed by atoms with van der Waals surface area (Å²) in [6.45, 7) is 3.60. The first kappa shape index (κ1) is 18.0. The number of amides is 1. The molecule has 0 spiro atoms. The van der Waals surface area contributed by atoms with Crippen LogP contribution < -0.4 is 10.1 Å². The zero-order chi connectivity index (χ0) is 17.5. The largest absolute Gasteiger partial charge is 0.491 e. The molecule has 5 heteroatoms. The number of hydrogen-bond acceptors (Lipinski definition) is 4. The van der Waals surface area contributed by atoms with Crippen LogP contribution in [0.3, 0.4) is 0 Å². The normalized spacial score (nSPS) is 21.0. The van der Waals surface area contributed by atoms with E-state index in [-0.39, 0.29) is 23.7 Å². The molecular formula is C19H25NO4. The minimum atomic E-state index is -0.364. The fourth-order valence-corrected chi connectivity index (χ4v) is 2.83. The van der Waals surface area contributed by atoms with E-state index < -0.39 is 0 Å². The minimum absolute atomic E-state index is 0.193. The lowest BCUT2D eigenvalue weighted by Gasteiger charge is -2.27. The molecule has 1 N–H and O–H groups in total. The summed E-state index contributed by atoms with van der Waals surface area (Å²) in [5.41, 5.74) is 0.801. The second-order valence-corrected chi connectivity index (χ2v) is 6.31. The van der Waals surface area contributed by atoms with Crippen LogP contribution in [0.1, 0.15) is 45.1 Å². The molecule has 1 amide bonds. The molecule has 1 aliphatic rings. The molecule has 1 saturated carbocycles. The molecule has 2 rings (SSSR count). The zero-order valence-electron chi connectivity index (χ0n) is 14.5. The van der Waals surface area contributed by atoms with Crippen molar-refractivity contribution in [2.75, 3.05) is 7.11 Å². The van der Waals surface area contributed by atoms with Crippen LogP contribution in [0.2, 0.25) is 0 Å². The van der Waals surface area contributed by atoms with Gasteiger partial charge in [-0.25, -0.2) is 0 Å². The van der Waals surface area contributed by atoms with E-state index in [9.17, 15) is 9.59 Å². The van der Waals surface area contributed by atoms with Crippen LogP contribution in [0.25, 0.3) is 6.08 Å². The third-order valence-electron chi connectivity index (χ3n) is 4.23. The van der Waals surface area contributed by atoms with E-state index in [1.165, 1.54) is 14.0 Å². The van der Waals surface area contributed by atoms with Gasteiger partial charge in [0, 0.05) is 13.0 Å². The molecule has 0 aliphatic heterocycles. The van der Waals surface area contributed by atoms with Crippen molar-refractivity contribution in [1.29, 1.82) is 0 Å². The highest BCUT2D eigenvalue weighted by atomic mass is 16.5. The SMILES string of the molecule is COC(=Cc1ccc(OC(C)=O)cc1)C(=O)NC1CCC(C)CC1. The third kappa shape index (κ3) is 5.41. The average Bonchev–Trinajstić information content (AvgIpc) is 2.55. The number of methoxy groups -OCH3 is 1. The van der Waals surface area contributed by atoms with Gasteiger partial charge in [0.15, 0.2) is 5.76 Å². The molecule has 24 heavy (non-hydrogen) atoms. The van der Waals surface area contributed by atoms with Crippen molar-refractivity contribution in [2.24, 2.45) is 5.92 Å². The van der Waals surface area contributed by atoms with Crippen molar-refractivity contribution in [3.63, 3.8) is 0 Å². The van der Waals surface area contributed by atoms with Gasteiger partial charge in [0.2, 0.25) is 0 Å². The molecule has 0 saturated heterocycles. The average molecular weight is 331 g/mol. The first-order valence-corrected chi connectivity index (χ1v) is 8.33. The summed E-state index contributed by atoms with van der Waals surface area (Å²) in [5, 5.41) is 3.05. The second-order valence-electron chi connectivity index (χ2n) is 6.31. The van der Waals surface area contributed by atoms with Crippen LogP contribution in [0.4, 0.5) is 0 Å². The molecule has 1 aromatic rings. The Morgan fingerprint density at radius 1 is 1.12 bits per heavy atom. The number of rotatable bonds is 5. The van der Waals surface area contributed by atoms with Gasteiger partial charge >= 0.3 is 5.97 Å². The Morgan fingerprint density at radius 3 is 2.29 bits per heavy atom. The Labute approximate surface area is 143 Å². The molecule has 1 fully saturated rings. The fourth-order valence-electron chi connectivity index (χ4n) is 2.83. The van der Waals surface area contributed by atoms with Crippen LogP contribution in [0, 0.1) is 5.92 Å². The monoisotopic (exact) mass is 331 g/mol. The summed E-state index contributed by atoms with van der Waals surface area (Å²) in [6.07, 6.45) is 6.00. The number of ether oxygens (including phenoxy) is 2. The molecule has 1 aromatic carbocycles. The topological polar surface area (TPSA) is 64.6 Å². The Morgan fingerprint density at radius 2 is 1.75 bits per heavy atom. The molecule has 0 radical (unpaired) electrons. The first-order chi connectivity index (χ1) is 11.5. The van der Waals surface area contributed by atoms with Gasteiger partial charge in [-0.05, 0) is 55.4 Å². The fraction of sp³-hybridized carbons (Fsp3) is 0.474. The van der Waals surface area contributed by atoms with Gasteiger partial charge in [0.25, 0.3) is 5.91 Å². The van der Waals surface area contributed by atoms with E-state index in [2.05, 4.69) is 12.2 Å². The quantitative estimate of drug-likeness (QED) is 0.389. The van der Waals surface area contributed by atoms with Crippen molar-refractivity contribution in [2.45, 2.75) is 45.6 Å². The van der Waals surface area contributed by atoms with Gasteiger partial charge in [0.05, 0.1) is 7.11 Å². The van der Waals surface area contributed by atoms with Crippen LogP contribution in [0.15, 0.2) is 30.0 Å². The number of carbonyl (C=O) groups excluding carboxylic acids is 2. The number of carbonyl (C=O) groups is 2. The lowest BCUT2D eigenvalue weighted by Crippen LogP contribution is -2.38. The van der Waals surface area contributed by atoms with E-state index in [1.807, 2.05) is 0 Å². The molecular weight excluding hydrogens is 306 g/mol. The van der Waals surface area contributed by atoms with Gasteiger partial charge in [-0.15, -0.1) is 0 Å². The molecule has 0 bridgehead atoms. The Bertz CT molecular complexity index is 598. The van der Waals surface area contributed by atoms with E-state index >= 15 is 0 Å². The molecule has 130 valence electrons. The van der Waals surface area contributed by atoms with E-state index in [1.54, 1.807) is 30.3 Å². The lowest BCUT2D eigenvalue weighted by atomic mass is 9.87. The minimum Gasteiger partial charge on any atom is -0.491 e. The van der Waals surface area contributed by atoms with E-state index in [0.717, 1.165) is 37.2 Å². The van der Waals surface area contributed by atoms with Crippen molar-refractivity contribution in [3.05, 3.63) is 35.6 Å². The second kappa shape index (κ2) is 8.52. The Kier molecular flexibility index (Phi) is 6.41. The summed E-state index contributed by atoms with van der Waals surface area (Å²) in [5.74, 6) is 0.928. The molecule has 0 atom stereocenters. The highest BCUT2D eigenvalue weighted by Gasteiger charge is 2.21. The molecule has 0 heterocycles. The van der Waals surface area contributed by atoms with Gasteiger partial charge in [0.1, 0.15) is 5.75 Å². The van der Waals surface area contributed by atoms with Gasteiger partial charge in [-0.1, -0.05) is 19.1 Å². The van der Waals surface area contributed by atoms with Crippen LogP contribution >= 0.6 is 0 Å². The predicted molar refractivity (Wildman–Crippen MR) is 92.3 cm³/mol. The van der Waals surface area contributed by atoms with Crippen LogP contribution in [-0.4, -0.2) is 25.0 Å². The van der Waals surface area contributed by atoms with Gasteiger partial charge < -0.3 is 14.8 Å².